The molecule has 0 heterocycles. The van der Waals surface area contributed by atoms with Gasteiger partial charge in [0.1, 0.15) is 6.67 Å². The monoisotopic (exact) mass is 214 g/mol. The molecule has 0 saturated carbocycles. The molecule has 0 rings (SSSR count). The summed E-state index contributed by atoms with van der Waals surface area (Å²) in [7, 11) is -6.02. The Kier molecular flexibility index (Phi) is 3.39. The van der Waals surface area contributed by atoms with E-state index in [2.05, 4.69) is 4.18 Å². The van der Waals surface area contributed by atoms with Crippen LogP contribution in [0.3, 0.4) is 0 Å². The minimum atomic E-state index is -6.02. The first-order chi connectivity index (χ1) is 5.20. The number of rotatable bonds is 3. The molecule has 1 atom stereocenters. The Hall–Kier alpha value is -0.440. The van der Waals surface area contributed by atoms with Crippen LogP contribution in [0.15, 0.2) is 0 Å². The lowest BCUT2D eigenvalue weighted by molar-refractivity contribution is -0.0664. The van der Waals surface area contributed by atoms with E-state index in [0.717, 1.165) is 0 Å². The molecular weight excluding hydrogens is 211 g/mol. The molecular formula is C3H3F5O3S. The molecule has 0 aliphatic heterocycles. The van der Waals surface area contributed by atoms with E-state index in [-0.39, 0.29) is 0 Å². The second-order valence-corrected chi connectivity index (χ2v) is 3.12. The predicted octanol–water partition coefficient (Wildman–Crippen LogP) is 1.12. The SMILES string of the molecule is O=S(=O)(OC(F)CF)C(F)(F)F. The van der Waals surface area contributed by atoms with Crippen molar-refractivity contribution in [3.8, 4) is 0 Å². The van der Waals surface area contributed by atoms with Gasteiger partial charge >= 0.3 is 15.6 Å². The number of hydrogen-bond acceptors (Lipinski definition) is 3. The van der Waals surface area contributed by atoms with Gasteiger partial charge in [0.05, 0.1) is 0 Å². The van der Waals surface area contributed by atoms with Crippen LogP contribution in [-0.4, -0.2) is 27.0 Å². The van der Waals surface area contributed by atoms with Crippen molar-refractivity contribution in [2.24, 2.45) is 0 Å². The van der Waals surface area contributed by atoms with Gasteiger partial charge in [0.2, 0.25) is 6.36 Å². The Morgan fingerprint density at radius 3 is 2.00 bits per heavy atom. The summed E-state index contributed by atoms with van der Waals surface area (Å²) in [5.74, 6) is 0. The van der Waals surface area contributed by atoms with Crippen LogP contribution in [0.2, 0.25) is 0 Å². The van der Waals surface area contributed by atoms with E-state index in [9.17, 15) is 30.4 Å². The van der Waals surface area contributed by atoms with E-state index < -0.39 is 28.7 Å². The van der Waals surface area contributed by atoms with Crippen LogP contribution in [0.1, 0.15) is 0 Å². The third-order valence-corrected chi connectivity index (χ3v) is 1.67. The normalized spacial score (nSPS) is 16.1. The minimum Gasteiger partial charge on any atom is -0.245 e. The Bertz CT molecular complexity index is 231. The topological polar surface area (TPSA) is 43.4 Å². The molecule has 12 heavy (non-hydrogen) atoms. The number of alkyl halides is 5. The first kappa shape index (κ1) is 11.6. The molecule has 9 heteroatoms. The van der Waals surface area contributed by atoms with Gasteiger partial charge in [0.15, 0.2) is 0 Å². The van der Waals surface area contributed by atoms with Gasteiger partial charge < -0.3 is 0 Å². The average molecular weight is 214 g/mol. The molecule has 0 aliphatic carbocycles. The minimum absolute atomic E-state index is 1.96. The summed E-state index contributed by atoms with van der Waals surface area (Å²) >= 11 is 0. The van der Waals surface area contributed by atoms with Crippen molar-refractivity contribution in [1.29, 1.82) is 0 Å². The van der Waals surface area contributed by atoms with Crippen LogP contribution in [0.5, 0.6) is 0 Å². The maximum atomic E-state index is 11.7. The molecule has 0 spiro atoms. The van der Waals surface area contributed by atoms with Crippen molar-refractivity contribution in [3.05, 3.63) is 0 Å². The van der Waals surface area contributed by atoms with Crippen molar-refractivity contribution in [1.82, 2.24) is 0 Å². The highest BCUT2D eigenvalue weighted by atomic mass is 32.2. The maximum absolute atomic E-state index is 11.7. The maximum Gasteiger partial charge on any atom is 0.523 e. The molecule has 0 aliphatic rings. The van der Waals surface area contributed by atoms with Crippen LogP contribution in [0.4, 0.5) is 22.0 Å². The van der Waals surface area contributed by atoms with Gasteiger partial charge in [-0.3, -0.25) is 0 Å². The molecule has 3 nitrogen and oxygen atoms in total. The van der Waals surface area contributed by atoms with E-state index in [4.69, 9.17) is 0 Å². The molecule has 0 radical (unpaired) electrons. The summed E-state index contributed by atoms with van der Waals surface area (Å²) in [5, 5.41) is 0. The quantitative estimate of drug-likeness (QED) is 0.401. The molecule has 74 valence electrons. The highest BCUT2D eigenvalue weighted by Gasteiger charge is 2.48. The molecule has 1 unspecified atom stereocenters. The highest BCUT2D eigenvalue weighted by molar-refractivity contribution is 7.87. The van der Waals surface area contributed by atoms with Crippen molar-refractivity contribution >= 4 is 10.1 Å². The first-order valence-electron chi connectivity index (χ1n) is 2.40. The van der Waals surface area contributed by atoms with E-state index in [1.54, 1.807) is 0 Å². The summed E-state index contributed by atoms with van der Waals surface area (Å²) in [6.07, 6.45) is -3.11. The lowest BCUT2D eigenvalue weighted by Crippen LogP contribution is -2.29. The fourth-order valence-electron chi connectivity index (χ4n) is 0.218. The van der Waals surface area contributed by atoms with Gasteiger partial charge in [0.25, 0.3) is 0 Å². The van der Waals surface area contributed by atoms with E-state index >= 15 is 0 Å². The zero-order chi connectivity index (χ0) is 9.99. The van der Waals surface area contributed by atoms with Crippen LogP contribution >= 0.6 is 0 Å². The zero-order valence-corrected chi connectivity index (χ0v) is 6.12. The lowest BCUT2D eigenvalue weighted by atomic mass is 10.8. The van der Waals surface area contributed by atoms with E-state index in [0.29, 0.717) is 0 Å². The average Bonchev–Trinajstić information content (AvgIpc) is 1.84. The third-order valence-electron chi connectivity index (χ3n) is 0.636. The summed E-state index contributed by atoms with van der Waals surface area (Å²) in [6.45, 7) is -1.96. The van der Waals surface area contributed by atoms with Gasteiger partial charge in [0, 0.05) is 0 Å². The van der Waals surface area contributed by atoms with Crippen molar-refractivity contribution in [2.75, 3.05) is 6.67 Å². The first-order valence-corrected chi connectivity index (χ1v) is 3.81. The zero-order valence-electron chi connectivity index (χ0n) is 5.31. The van der Waals surface area contributed by atoms with Gasteiger partial charge in [-0.2, -0.15) is 21.6 Å². The van der Waals surface area contributed by atoms with Crippen LogP contribution < -0.4 is 0 Å². The third kappa shape index (κ3) is 2.89. The molecule has 0 bridgehead atoms. The molecule has 0 aromatic rings. The summed E-state index contributed by atoms with van der Waals surface area (Å²) in [5.41, 5.74) is -5.73. The fourth-order valence-corrected chi connectivity index (χ4v) is 0.653. The van der Waals surface area contributed by atoms with Gasteiger partial charge in [-0.25, -0.2) is 13.0 Å². The van der Waals surface area contributed by atoms with E-state index in [1.165, 1.54) is 0 Å². The van der Waals surface area contributed by atoms with Crippen LogP contribution in [-0.2, 0) is 14.3 Å². The Morgan fingerprint density at radius 1 is 1.33 bits per heavy atom. The summed E-state index contributed by atoms with van der Waals surface area (Å²) in [6, 6.07) is 0. The molecule has 0 aromatic carbocycles. The van der Waals surface area contributed by atoms with Crippen molar-refractivity contribution in [3.63, 3.8) is 0 Å². The number of halogens is 5. The summed E-state index contributed by atoms with van der Waals surface area (Å²) in [4.78, 5) is 0. The number of hydrogen-bond donors (Lipinski definition) is 0. The standard InChI is InChI=1S/C3H3F5O3S/c4-1-2(5)11-12(9,10)3(6,7)8/h2H,1H2. The predicted molar refractivity (Wildman–Crippen MR) is 26.9 cm³/mol. The lowest BCUT2D eigenvalue weighted by Gasteiger charge is -2.08. The largest absolute Gasteiger partial charge is 0.523 e. The molecule has 0 fully saturated rings. The molecule has 0 N–H and O–H groups in total. The van der Waals surface area contributed by atoms with Crippen molar-refractivity contribution < 1.29 is 34.6 Å². The Balaban J connectivity index is 4.46. The smallest absolute Gasteiger partial charge is 0.245 e. The summed E-state index contributed by atoms with van der Waals surface area (Å²) < 4.78 is 79.3. The van der Waals surface area contributed by atoms with Crippen LogP contribution in [0, 0.1) is 0 Å². The highest BCUT2D eigenvalue weighted by Crippen LogP contribution is 2.25. The van der Waals surface area contributed by atoms with Gasteiger partial charge in [-0.15, -0.1) is 0 Å². The fraction of sp³-hybridized carbons (Fsp3) is 1.00. The second kappa shape index (κ2) is 3.52. The Labute approximate surface area is 64.2 Å². The molecule has 0 aromatic heterocycles. The molecule has 0 amide bonds. The van der Waals surface area contributed by atoms with Gasteiger partial charge in [-0.1, -0.05) is 0 Å². The second-order valence-electron chi connectivity index (χ2n) is 1.56. The van der Waals surface area contributed by atoms with Gasteiger partial charge in [-0.05, 0) is 0 Å². The Morgan fingerprint density at radius 2 is 1.75 bits per heavy atom. The molecule has 0 saturated heterocycles. The van der Waals surface area contributed by atoms with E-state index in [1.807, 2.05) is 0 Å². The van der Waals surface area contributed by atoms with Crippen molar-refractivity contribution in [2.45, 2.75) is 11.9 Å². The van der Waals surface area contributed by atoms with Crippen LogP contribution in [0.25, 0.3) is 0 Å².